The molecule has 228 valence electrons. The highest BCUT2D eigenvalue weighted by Crippen LogP contribution is 2.37. The fraction of sp³-hybridized carbons (Fsp3) is 0.429. The van der Waals surface area contributed by atoms with E-state index in [2.05, 4.69) is 4.98 Å². The average molecular weight is 618 g/mol. The number of halogens is 2. The summed E-state index contributed by atoms with van der Waals surface area (Å²) in [6.07, 6.45) is 2.86. The molecular formula is C28H29F2N5O7S. The molecule has 1 saturated carbocycles. The predicted molar refractivity (Wildman–Crippen MR) is 154 cm³/mol. The Kier molecular flexibility index (Phi) is 7.22. The molecule has 2 aliphatic heterocycles. The molecule has 0 radical (unpaired) electrons. The maximum absolute atomic E-state index is 15.3. The van der Waals surface area contributed by atoms with Crippen LogP contribution in [-0.4, -0.2) is 86.0 Å². The summed E-state index contributed by atoms with van der Waals surface area (Å²) in [5, 5.41) is 9.36. The topological polar surface area (TPSA) is 142 Å². The normalized spacial score (nSPS) is 19.3. The third-order valence-corrected chi connectivity index (χ3v) is 8.93. The molecule has 1 atom stereocenters. The second kappa shape index (κ2) is 10.8. The van der Waals surface area contributed by atoms with E-state index >= 15 is 8.78 Å². The first-order valence-corrected chi connectivity index (χ1v) is 15.9. The lowest BCUT2D eigenvalue weighted by atomic mass is 10.1. The average Bonchev–Trinajstić information content (AvgIpc) is 3.73. The number of rotatable bonds is 8. The van der Waals surface area contributed by atoms with Gasteiger partial charge in [-0.3, -0.25) is 9.69 Å². The molecule has 3 fully saturated rings. The fourth-order valence-electron chi connectivity index (χ4n) is 5.55. The van der Waals surface area contributed by atoms with Crippen LogP contribution in [0, 0.1) is 11.6 Å². The van der Waals surface area contributed by atoms with Crippen molar-refractivity contribution in [1.82, 2.24) is 9.55 Å². The quantitative estimate of drug-likeness (QED) is 0.401. The van der Waals surface area contributed by atoms with Crippen LogP contribution in [0.15, 0.2) is 35.3 Å². The Morgan fingerprint density at radius 2 is 1.77 bits per heavy atom. The monoisotopic (exact) mass is 617 g/mol. The molecule has 1 N–H and O–H groups in total. The van der Waals surface area contributed by atoms with Gasteiger partial charge in [-0.05, 0) is 37.1 Å². The number of aromatic carboxylic acids is 1. The number of pyridine rings is 2. The van der Waals surface area contributed by atoms with E-state index in [0.29, 0.717) is 37.6 Å². The third-order valence-electron chi connectivity index (χ3n) is 7.96. The number of nitrogens with zero attached hydrogens (tertiary/aromatic N) is 5. The smallest absolute Gasteiger partial charge is 0.414 e. The number of fused-ring (bicyclic) bond motifs is 1. The molecule has 2 aromatic heterocycles. The number of amides is 1. The molecule has 1 amide bonds. The molecule has 4 heterocycles. The highest BCUT2D eigenvalue weighted by molar-refractivity contribution is 7.90. The van der Waals surface area contributed by atoms with E-state index < -0.39 is 50.6 Å². The minimum absolute atomic E-state index is 0.00408. The van der Waals surface area contributed by atoms with E-state index in [-0.39, 0.29) is 41.6 Å². The first-order valence-electron chi connectivity index (χ1n) is 13.8. The van der Waals surface area contributed by atoms with Gasteiger partial charge in [0.05, 0.1) is 29.1 Å². The summed E-state index contributed by atoms with van der Waals surface area (Å²) >= 11 is 0. The van der Waals surface area contributed by atoms with Crippen molar-refractivity contribution in [2.24, 2.45) is 0 Å². The van der Waals surface area contributed by atoms with Gasteiger partial charge in [-0.15, -0.1) is 0 Å². The molecule has 0 bridgehead atoms. The Morgan fingerprint density at radius 3 is 2.40 bits per heavy atom. The highest BCUT2D eigenvalue weighted by atomic mass is 32.2. The second-order valence-corrected chi connectivity index (χ2v) is 13.4. The van der Waals surface area contributed by atoms with Gasteiger partial charge >= 0.3 is 12.1 Å². The summed E-state index contributed by atoms with van der Waals surface area (Å²) in [6, 6.07) is 5.43. The molecule has 3 aromatic rings. The van der Waals surface area contributed by atoms with Crippen LogP contribution >= 0.6 is 0 Å². The van der Waals surface area contributed by atoms with Gasteiger partial charge in [0.2, 0.25) is 5.43 Å². The van der Waals surface area contributed by atoms with Gasteiger partial charge in [-0.1, -0.05) is 0 Å². The van der Waals surface area contributed by atoms with Crippen molar-refractivity contribution in [3.8, 4) is 0 Å². The van der Waals surface area contributed by atoms with Gasteiger partial charge in [-0.25, -0.2) is 31.8 Å². The summed E-state index contributed by atoms with van der Waals surface area (Å²) in [6.45, 7) is 1.39. The first-order chi connectivity index (χ1) is 20.4. The number of benzene rings is 1. The van der Waals surface area contributed by atoms with E-state index in [1.165, 1.54) is 17.2 Å². The second-order valence-electron chi connectivity index (χ2n) is 11.1. The van der Waals surface area contributed by atoms with Crippen molar-refractivity contribution in [3.05, 3.63) is 57.9 Å². The molecule has 2 saturated heterocycles. The van der Waals surface area contributed by atoms with Gasteiger partial charge in [0.15, 0.2) is 11.6 Å². The van der Waals surface area contributed by atoms with Crippen molar-refractivity contribution in [3.63, 3.8) is 0 Å². The summed E-state index contributed by atoms with van der Waals surface area (Å²) in [4.78, 5) is 45.9. The zero-order chi connectivity index (χ0) is 30.6. The zero-order valence-corrected chi connectivity index (χ0v) is 24.0. The van der Waals surface area contributed by atoms with Crippen molar-refractivity contribution >= 4 is 50.1 Å². The minimum Gasteiger partial charge on any atom is -0.477 e. The summed E-state index contributed by atoms with van der Waals surface area (Å²) in [5.74, 6) is -2.77. The number of hydrogen-bond acceptors (Lipinski definition) is 9. The number of sulfone groups is 1. The largest absolute Gasteiger partial charge is 0.477 e. The highest BCUT2D eigenvalue weighted by Gasteiger charge is 2.34. The number of ether oxygens (including phenoxy) is 1. The Bertz CT molecular complexity index is 1800. The van der Waals surface area contributed by atoms with Gasteiger partial charge in [0.1, 0.15) is 33.0 Å². The Balaban J connectivity index is 1.17. The standard InChI is InChI=1S/C28H29F2N5O7S/c1-43(40,41)11-6-18-14-35(28(39)42-18)17-4-5-23(21(29)12-17)32-7-9-33(10-8-32)26-22(30)13-19-24(36)20(27(37)38)15-34(16-2-3-16)25(19)31-26/h4-5,12-13,15-16,18H,2-3,6-11,14H2,1H3,(H,37,38)/t18-/m0/s1. The molecule has 1 aromatic carbocycles. The van der Waals surface area contributed by atoms with Crippen LogP contribution in [-0.2, 0) is 14.6 Å². The van der Waals surface area contributed by atoms with Crippen LogP contribution in [0.25, 0.3) is 11.0 Å². The van der Waals surface area contributed by atoms with Crippen LogP contribution in [0.4, 0.5) is 30.8 Å². The van der Waals surface area contributed by atoms with E-state index in [4.69, 9.17) is 4.74 Å². The lowest BCUT2D eigenvalue weighted by Crippen LogP contribution is -2.47. The van der Waals surface area contributed by atoms with Crippen LogP contribution < -0.4 is 20.1 Å². The van der Waals surface area contributed by atoms with Crippen molar-refractivity contribution in [1.29, 1.82) is 0 Å². The number of carboxylic acid groups (broad SMARTS) is 1. The summed E-state index contributed by atoms with van der Waals surface area (Å²) in [5.41, 5.74) is -0.379. The Labute approximate surface area is 245 Å². The molecule has 43 heavy (non-hydrogen) atoms. The Morgan fingerprint density at radius 1 is 1.07 bits per heavy atom. The lowest BCUT2D eigenvalue weighted by Gasteiger charge is -2.37. The maximum atomic E-state index is 15.3. The molecule has 0 spiro atoms. The number of carboxylic acids is 1. The first kappa shape index (κ1) is 28.8. The number of carbonyl (C=O) groups is 2. The molecular weight excluding hydrogens is 588 g/mol. The zero-order valence-electron chi connectivity index (χ0n) is 23.2. The van der Waals surface area contributed by atoms with Crippen LogP contribution in [0.2, 0.25) is 0 Å². The van der Waals surface area contributed by atoms with Gasteiger partial charge in [-0.2, -0.15) is 0 Å². The number of cyclic esters (lactones) is 1. The van der Waals surface area contributed by atoms with E-state index in [1.807, 2.05) is 0 Å². The van der Waals surface area contributed by atoms with Gasteiger partial charge in [0.25, 0.3) is 0 Å². The van der Waals surface area contributed by atoms with E-state index in [9.17, 15) is 27.9 Å². The van der Waals surface area contributed by atoms with E-state index in [0.717, 1.165) is 25.2 Å². The summed E-state index contributed by atoms with van der Waals surface area (Å²) in [7, 11) is -3.22. The SMILES string of the molecule is CS(=O)(=O)CC[C@H]1CN(c2ccc(N3CCN(c4nc5c(cc4F)c(=O)c(C(=O)O)cn5C4CC4)CC3)c(F)c2)C(=O)O1. The van der Waals surface area contributed by atoms with Gasteiger partial charge in [0, 0.05) is 51.1 Å². The van der Waals surface area contributed by atoms with Crippen molar-refractivity contribution in [2.75, 3.05) is 59.4 Å². The third kappa shape index (κ3) is 5.72. The van der Waals surface area contributed by atoms with Crippen molar-refractivity contribution < 1.29 is 36.6 Å². The molecule has 15 heteroatoms. The molecule has 1 aliphatic carbocycles. The number of carbonyl (C=O) groups excluding carboxylic acids is 1. The van der Waals surface area contributed by atoms with Crippen LogP contribution in [0.3, 0.4) is 0 Å². The molecule has 6 rings (SSSR count). The molecule has 12 nitrogen and oxygen atoms in total. The minimum atomic E-state index is -3.22. The lowest BCUT2D eigenvalue weighted by molar-refractivity contribution is 0.0694. The maximum Gasteiger partial charge on any atom is 0.414 e. The number of anilines is 3. The van der Waals surface area contributed by atoms with Crippen molar-refractivity contribution in [2.45, 2.75) is 31.4 Å². The Hall–Kier alpha value is -4.27. The fourth-order valence-corrected chi connectivity index (χ4v) is 6.24. The predicted octanol–water partition coefficient (Wildman–Crippen LogP) is 2.79. The number of piperazine rings is 1. The molecule has 3 aliphatic rings. The van der Waals surface area contributed by atoms with E-state index in [1.54, 1.807) is 26.5 Å². The van der Waals surface area contributed by atoms with Crippen LogP contribution in [0.5, 0.6) is 0 Å². The number of aromatic nitrogens is 2. The molecule has 0 unspecified atom stereocenters. The number of hydrogen-bond donors (Lipinski definition) is 1. The summed E-state index contributed by atoms with van der Waals surface area (Å²) < 4.78 is 60.3. The van der Waals surface area contributed by atoms with Crippen LogP contribution in [0.1, 0.15) is 35.7 Å². The van der Waals surface area contributed by atoms with Gasteiger partial charge < -0.3 is 24.2 Å².